The molecule has 3 aromatic carbocycles. The van der Waals surface area contributed by atoms with Gasteiger partial charge < -0.3 is 25.0 Å². The largest absolute Gasteiger partial charge is 0.493 e. The lowest BCUT2D eigenvalue weighted by atomic mass is 9.99. The number of morpholine rings is 1. The van der Waals surface area contributed by atoms with Crippen LogP contribution in [0.5, 0.6) is 5.75 Å². The smallest absolute Gasteiger partial charge is 0.258 e. The molecular weight excluding hydrogens is 512 g/mol. The van der Waals surface area contributed by atoms with Crippen LogP contribution in [-0.2, 0) is 11.2 Å². The second kappa shape index (κ2) is 12.1. The molecule has 3 aliphatic rings. The van der Waals surface area contributed by atoms with Crippen molar-refractivity contribution in [2.24, 2.45) is 0 Å². The Morgan fingerprint density at radius 1 is 1.00 bits per heavy atom. The Kier molecular flexibility index (Phi) is 8.17. The number of fused-ring (bicyclic) bond motifs is 2. The molecule has 7 heteroatoms. The van der Waals surface area contributed by atoms with Crippen molar-refractivity contribution in [3.8, 4) is 16.9 Å². The molecule has 1 fully saturated rings. The first kappa shape index (κ1) is 27.6. The standard InChI is InChI=1S/C34H42N4O3/c1-23-14-17-38(32-8-5-4-7-31(32)36-23)34(39)28-9-11-29(26-10-12-30-27(19-26)13-15-35-30)33(20-28)40-18-6-16-37-21-24(2)41-25(3)22-37/h4-5,7-12,19-20,23-25,35-36H,6,13-18,21-22H2,1-3H3/t23-,24?,25?/m0/s1. The van der Waals surface area contributed by atoms with E-state index in [-0.39, 0.29) is 18.1 Å². The summed E-state index contributed by atoms with van der Waals surface area (Å²) < 4.78 is 12.4. The molecule has 0 aliphatic carbocycles. The number of ether oxygens (including phenoxy) is 2. The van der Waals surface area contributed by atoms with Crippen molar-refractivity contribution < 1.29 is 14.3 Å². The first-order chi connectivity index (χ1) is 19.9. The van der Waals surface area contributed by atoms with Crippen molar-refractivity contribution in [2.45, 2.75) is 58.3 Å². The Labute approximate surface area is 243 Å². The number of para-hydroxylation sites is 2. The van der Waals surface area contributed by atoms with Gasteiger partial charge in [-0.3, -0.25) is 9.69 Å². The van der Waals surface area contributed by atoms with Crippen molar-refractivity contribution >= 4 is 23.0 Å². The van der Waals surface area contributed by atoms with Crippen LogP contribution in [0, 0.1) is 0 Å². The zero-order valence-corrected chi connectivity index (χ0v) is 24.5. The minimum absolute atomic E-state index is 0.000745. The van der Waals surface area contributed by atoms with Crippen molar-refractivity contribution in [2.75, 3.05) is 54.9 Å². The van der Waals surface area contributed by atoms with Crippen molar-refractivity contribution in [3.63, 3.8) is 0 Å². The lowest BCUT2D eigenvalue weighted by Crippen LogP contribution is -2.45. The summed E-state index contributed by atoms with van der Waals surface area (Å²) in [7, 11) is 0. The van der Waals surface area contributed by atoms with Gasteiger partial charge in [0.15, 0.2) is 0 Å². The third kappa shape index (κ3) is 6.21. The Bertz CT molecular complexity index is 1380. The highest BCUT2D eigenvalue weighted by atomic mass is 16.5. The summed E-state index contributed by atoms with van der Waals surface area (Å²) in [6, 6.07) is 20.9. The summed E-state index contributed by atoms with van der Waals surface area (Å²) in [6.45, 7) is 11.5. The zero-order valence-electron chi connectivity index (χ0n) is 24.5. The molecule has 3 heterocycles. The highest BCUT2D eigenvalue weighted by Gasteiger charge is 2.26. The molecule has 0 spiro atoms. The minimum Gasteiger partial charge on any atom is -0.493 e. The van der Waals surface area contributed by atoms with Crippen LogP contribution < -0.4 is 20.3 Å². The average molecular weight is 555 g/mol. The minimum atomic E-state index is -0.000745. The molecule has 3 atom stereocenters. The number of anilines is 3. The predicted molar refractivity (Wildman–Crippen MR) is 166 cm³/mol. The van der Waals surface area contributed by atoms with E-state index >= 15 is 0 Å². The first-order valence-corrected chi connectivity index (χ1v) is 15.1. The van der Waals surface area contributed by atoms with Gasteiger partial charge in [0, 0.05) is 55.6 Å². The molecule has 216 valence electrons. The molecule has 0 saturated carbocycles. The fraction of sp³-hybridized carbons (Fsp3) is 0.441. The Hall–Kier alpha value is -3.55. The summed E-state index contributed by atoms with van der Waals surface area (Å²) in [5.74, 6) is 0.763. The van der Waals surface area contributed by atoms with Crippen molar-refractivity contribution in [1.82, 2.24) is 4.90 Å². The van der Waals surface area contributed by atoms with E-state index in [2.05, 4.69) is 60.6 Å². The fourth-order valence-electron chi connectivity index (χ4n) is 6.40. The summed E-state index contributed by atoms with van der Waals surface area (Å²) >= 11 is 0. The second-order valence-electron chi connectivity index (χ2n) is 11.8. The number of carbonyl (C=O) groups is 1. The van der Waals surface area contributed by atoms with Crippen LogP contribution >= 0.6 is 0 Å². The summed E-state index contributed by atoms with van der Waals surface area (Å²) in [5, 5.41) is 7.00. The first-order valence-electron chi connectivity index (χ1n) is 15.1. The van der Waals surface area contributed by atoms with Gasteiger partial charge in [-0.05, 0) is 93.6 Å². The van der Waals surface area contributed by atoms with E-state index in [1.807, 2.05) is 41.3 Å². The Morgan fingerprint density at radius 3 is 2.68 bits per heavy atom. The maximum absolute atomic E-state index is 14.0. The van der Waals surface area contributed by atoms with E-state index in [0.717, 1.165) is 73.7 Å². The number of nitrogens with zero attached hydrogens (tertiary/aromatic N) is 2. The number of amides is 1. The average Bonchev–Trinajstić information content (AvgIpc) is 3.36. The van der Waals surface area contributed by atoms with Crippen LogP contribution in [0.1, 0.15) is 49.5 Å². The van der Waals surface area contributed by atoms with Gasteiger partial charge in [0.2, 0.25) is 0 Å². The molecular formula is C34H42N4O3. The predicted octanol–water partition coefficient (Wildman–Crippen LogP) is 6.05. The number of rotatable bonds is 7. The number of benzene rings is 3. The number of hydrogen-bond donors (Lipinski definition) is 2. The van der Waals surface area contributed by atoms with E-state index in [1.54, 1.807) is 0 Å². The van der Waals surface area contributed by atoms with Crippen LogP contribution in [-0.4, -0.2) is 68.4 Å². The lowest BCUT2D eigenvalue weighted by Gasteiger charge is -2.35. The molecule has 0 radical (unpaired) electrons. The molecule has 2 N–H and O–H groups in total. The van der Waals surface area contributed by atoms with E-state index in [0.29, 0.717) is 24.8 Å². The van der Waals surface area contributed by atoms with Gasteiger partial charge in [0.05, 0.1) is 30.2 Å². The van der Waals surface area contributed by atoms with E-state index in [4.69, 9.17) is 9.47 Å². The second-order valence-corrected chi connectivity index (χ2v) is 11.8. The molecule has 2 unspecified atom stereocenters. The Morgan fingerprint density at radius 2 is 1.83 bits per heavy atom. The van der Waals surface area contributed by atoms with E-state index < -0.39 is 0 Å². The van der Waals surface area contributed by atoms with Gasteiger partial charge in [-0.2, -0.15) is 0 Å². The highest BCUT2D eigenvalue weighted by Crippen LogP contribution is 2.36. The van der Waals surface area contributed by atoms with Crippen LogP contribution in [0.25, 0.3) is 11.1 Å². The summed E-state index contributed by atoms with van der Waals surface area (Å²) in [4.78, 5) is 18.4. The number of nitrogens with one attached hydrogen (secondary N) is 2. The third-order valence-electron chi connectivity index (χ3n) is 8.35. The normalized spacial score (nSPS) is 22.2. The van der Waals surface area contributed by atoms with Crippen molar-refractivity contribution in [1.29, 1.82) is 0 Å². The molecule has 1 saturated heterocycles. The molecule has 0 aromatic heterocycles. The molecule has 3 aliphatic heterocycles. The van der Waals surface area contributed by atoms with Crippen molar-refractivity contribution in [3.05, 3.63) is 71.8 Å². The van der Waals surface area contributed by atoms with Gasteiger partial charge in [0.1, 0.15) is 5.75 Å². The van der Waals surface area contributed by atoms with E-state index in [9.17, 15) is 4.79 Å². The molecule has 1 amide bonds. The van der Waals surface area contributed by atoms with E-state index in [1.165, 1.54) is 11.3 Å². The SMILES string of the molecule is CC1CN(CCCOc2cc(C(=O)N3CC[C@H](C)Nc4ccccc43)ccc2-c2ccc3c(c2)CCN3)CC(C)O1. The van der Waals surface area contributed by atoms with Crippen LogP contribution in [0.15, 0.2) is 60.7 Å². The van der Waals surface area contributed by atoms with Gasteiger partial charge in [-0.1, -0.05) is 18.2 Å². The quantitative estimate of drug-likeness (QED) is 0.347. The number of hydrogen-bond acceptors (Lipinski definition) is 6. The van der Waals surface area contributed by atoms with Crippen LogP contribution in [0.3, 0.4) is 0 Å². The molecule has 7 nitrogen and oxygen atoms in total. The maximum Gasteiger partial charge on any atom is 0.258 e. The van der Waals surface area contributed by atoms with Crippen LogP contribution in [0.2, 0.25) is 0 Å². The third-order valence-corrected chi connectivity index (χ3v) is 8.35. The van der Waals surface area contributed by atoms with Gasteiger partial charge in [0.25, 0.3) is 5.91 Å². The molecule has 6 rings (SSSR count). The fourth-order valence-corrected chi connectivity index (χ4v) is 6.40. The number of carbonyl (C=O) groups excluding carboxylic acids is 1. The van der Waals surface area contributed by atoms with Crippen LogP contribution in [0.4, 0.5) is 17.1 Å². The maximum atomic E-state index is 14.0. The summed E-state index contributed by atoms with van der Waals surface area (Å²) in [6.07, 6.45) is 3.32. The summed E-state index contributed by atoms with van der Waals surface area (Å²) in [5.41, 5.74) is 7.25. The molecule has 0 bridgehead atoms. The topological polar surface area (TPSA) is 66.1 Å². The highest BCUT2D eigenvalue weighted by molar-refractivity contribution is 6.08. The lowest BCUT2D eigenvalue weighted by molar-refractivity contribution is -0.0686. The molecule has 3 aromatic rings. The Balaban J connectivity index is 1.25. The van der Waals surface area contributed by atoms with Gasteiger partial charge in [-0.25, -0.2) is 0 Å². The molecule has 41 heavy (non-hydrogen) atoms. The zero-order chi connectivity index (χ0) is 28.3. The monoisotopic (exact) mass is 554 g/mol. The van der Waals surface area contributed by atoms with Gasteiger partial charge in [-0.15, -0.1) is 0 Å². The van der Waals surface area contributed by atoms with Gasteiger partial charge >= 0.3 is 0 Å².